The molecule has 3 aliphatic heterocycles. The second-order valence-corrected chi connectivity index (χ2v) is 14.0. The molecule has 12 heteroatoms. The number of anilines is 1. The van der Waals surface area contributed by atoms with Gasteiger partial charge in [-0.3, -0.25) is 4.90 Å². The van der Waals surface area contributed by atoms with E-state index < -0.39 is 17.6 Å². The first kappa shape index (κ1) is 29.0. The molecule has 214 valence electrons. The Hall–Kier alpha value is -1.54. The Bertz CT molecular complexity index is 1280. The van der Waals surface area contributed by atoms with E-state index in [1.807, 2.05) is 40.7 Å². The Morgan fingerprint density at radius 3 is 2.69 bits per heavy atom. The number of aromatic nitrogens is 2. The van der Waals surface area contributed by atoms with Gasteiger partial charge < -0.3 is 19.3 Å². The summed E-state index contributed by atoms with van der Waals surface area (Å²) in [5.74, 6) is 0.0712. The third-order valence-corrected chi connectivity index (χ3v) is 10.3. The fourth-order valence-electron chi connectivity index (χ4n) is 6.06. The maximum Gasteiger partial charge on any atom is 0.410 e. The molecule has 0 N–H and O–H groups in total. The smallest absolute Gasteiger partial charge is 0.410 e. The number of rotatable bonds is 4. The van der Waals surface area contributed by atoms with Crippen LogP contribution in [0.15, 0.2) is 10.5 Å². The molecule has 3 aliphatic rings. The zero-order valence-electron chi connectivity index (χ0n) is 22.9. The predicted molar refractivity (Wildman–Crippen MR) is 158 cm³/mol. The molecule has 1 aromatic carbocycles. The average molecular weight is 722 g/mol. The molecule has 0 spiro atoms. The zero-order valence-corrected chi connectivity index (χ0v) is 26.7. The van der Waals surface area contributed by atoms with Crippen molar-refractivity contribution >= 4 is 61.3 Å². The van der Waals surface area contributed by atoms with Crippen molar-refractivity contribution in [3.63, 3.8) is 0 Å². The van der Waals surface area contributed by atoms with E-state index in [1.165, 1.54) is 0 Å². The van der Waals surface area contributed by atoms with Gasteiger partial charge in [-0.25, -0.2) is 13.6 Å². The number of carbonyl (C=O) groups excluding carboxylic acids is 1. The summed E-state index contributed by atoms with van der Waals surface area (Å²) in [6.07, 6.45) is 1.05. The maximum absolute atomic E-state index is 15.5. The normalized spacial score (nSPS) is 27.8. The molecule has 4 heterocycles. The highest BCUT2D eigenvalue weighted by Crippen LogP contribution is 2.41. The number of ether oxygens (including phenoxy) is 2. The van der Waals surface area contributed by atoms with Crippen molar-refractivity contribution in [2.45, 2.75) is 83.3 Å². The summed E-state index contributed by atoms with van der Waals surface area (Å²) in [4.78, 5) is 28.2. The molecular formula is C27H35BrF2IN5O3. The van der Waals surface area contributed by atoms with Gasteiger partial charge in [0.1, 0.15) is 29.7 Å². The number of nitrogens with zero attached hydrogens (tertiary/aromatic N) is 5. The van der Waals surface area contributed by atoms with E-state index >= 15 is 4.39 Å². The number of piperazine rings is 1. The van der Waals surface area contributed by atoms with Crippen LogP contribution in [0.3, 0.4) is 0 Å². The van der Waals surface area contributed by atoms with Crippen LogP contribution in [-0.4, -0.2) is 88.0 Å². The van der Waals surface area contributed by atoms with Crippen LogP contribution in [0, 0.1) is 9.39 Å². The number of halogens is 4. The van der Waals surface area contributed by atoms with Crippen LogP contribution in [0.25, 0.3) is 10.9 Å². The SMILES string of the molecule is CC1CN(c2nc(OC[C@@]34CCCN3C[C@H](F)C4)nc3c(F)c(Br)c(I)cc23)C(C)CN1C(=O)OC(C)(C)C. The molecule has 2 aromatic rings. The van der Waals surface area contributed by atoms with Crippen LogP contribution in [0.2, 0.25) is 0 Å². The monoisotopic (exact) mass is 721 g/mol. The number of hydrogen-bond acceptors (Lipinski definition) is 7. The van der Waals surface area contributed by atoms with E-state index in [9.17, 15) is 9.18 Å². The first-order valence-corrected chi connectivity index (χ1v) is 15.3. The first-order chi connectivity index (χ1) is 18.3. The maximum atomic E-state index is 15.5. The molecular weight excluding hydrogens is 687 g/mol. The van der Waals surface area contributed by atoms with Crippen LogP contribution >= 0.6 is 38.5 Å². The van der Waals surface area contributed by atoms with Crippen molar-refractivity contribution in [2.75, 3.05) is 37.7 Å². The van der Waals surface area contributed by atoms with E-state index in [0.717, 1.165) is 19.4 Å². The summed E-state index contributed by atoms with van der Waals surface area (Å²) in [5, 5.41) is 0.572. The van der Waals surface area contributed by atoms with Gasteiger partial charge in [-0.1, -0.05) is 0 Å². The zero-order chi connectivity index (χ0) is 28.3. The molecule has 1 amide bonds. The fraction of sp³-hybridized carbons (Fsp3) is 0.667. The van der Waals surface area contributed by atoms with Gasteiger partial charge >= 0.3 is 12.1 Å². The molecule has 0 aliphatic carbocycles. The molecule has 0 radical (unpaired) electrons. The molecule has 2 unspecified atom stereocenters. The highest BCUT2D eigenvalue weighted by molar-refractivity contribution is 14.1. The minimum atomic E-state index is -0.874. The van der Waals surface area contributed by atoms with Crippen molar-refractivity contribution < 1.29 is 23.0 Å². The second-order valence-electron chi connectivity index (χ2n) is 12.1. The minimum Gasteiger partial charge on any atom is -0.461 e. The van der Waals surface area contributed by atoms with Crippen molar-refractivity contribution in [3.8, 4) is 6.01 Å². The summed E-state index contributed by atoms with van der Waals surface area (Å²) in [7, 11) is 0. The van der Waals surface area contributed by atoms with Crippen molar-refractivity contribution in [3.05, 3.63) is 19.9 Å². The summed E-state index contributed by atoms with van der Waals surface area (Å²) >= 11 is 5.43. The van der Waals surface area contributed by atoms with Gasteiger partial charge in [-0.05, 0) is 98.6 Å². The molecule has 0 bridgehead atoms. The largest absolute Gasteiger partial charge is 0.461 e. The highest BCUT2D eigenvalue weighted by atomic mass is 127. The molecule has 0 saturated carbocycles. The lowest BCUT2D eigenvalue weighted by atomic mass is 9.95. The van der Waals surface area contributed by atoms with Crippen molar-refractivity contribution in [1.29, 1.82) is 0 Å². The number of fused-ring (bicyclic) bond motifs is 2. The van der Waals surface area contributed by atoms with Crippen molar-refractivity contribution in [2.24, 2.45) is 0 Å². The van der Waals surface area contributed by atoms with Crippen LogP contribution in [-0.2, 0) is 4.74 Å². The van der Waals surface area contributed by atoms with Gasteiger partial charge in [-0.2, -0.15) is 9.97 Å². The number of alkyl halides is 1. The predicted octanol–water partition coefficient (Wildman–Crippen LogP) is 5.93. The van der Waals surface area contributed by atoms with Crippen LogP contribution in [0.1, 0.15) is 53.9 Å². The Kier molecular flexibility index (Phi) is 7.95. The number of amides is 1. The first-order valence-electron chi connectivity index (χ1n) is 13.4. The highest BCUT2D eigenvalue weighted by Gasteiger charge is 2.49. The standard InChI is InChI=1S/C27H35BrF2IN5O3/c1-15-12-36(25(37)39-26(3,4)5)16(2)11-35(15)23-18-9-19(31)20(28)21(30)22(18)32-24(33-23)38-14-27-7-6-8-34(27)13-17(29)10-27/h9,15-17H,6-8,10-14H2,1-5H3/t15?,16?,17-,27+/m1/s1. The van der Waals surface area contributed by atoms with Gasteiger partial charge in [0.2, 0.25) is 0 Å². The Morgan fingerprint density at radius 1 is 1.23 bits per heavy atom. The van der Waals surface area contributed by atoms with Gasteiger partial charge in [0.25, 0.3) is 0 Å². The molecule has 3 saturated heterocycles. The summed E-state index contributed by atoms with van der Waals surface area (Å²) in [6.45, 7) is 11.9. The fourth-order valence-corrected chi connectivity index (χ4v) is 6.91. The van der Waals surface area contributed by atoms with Gasteiger partial charge in [0.05, 0.1) is 10.0 Å². The van der Waals surface area contributed by atoms with Crippen LogP contribution in [0.5, 0.6) is 6.01 Å². The topological polar surface area (TPSA) is 71.0 Å². The van der Waals surface area contributed by atoms with Gasteiger partial charge in [0.15, 0.2) is 5.82 Å². The molecule has 8 nitrogen and oxygen atoms in total. The molecule has 1 aromatic heterocycles. The lowest BCUT2D eigenvalue weighted by Crippen LogP contribution is -2.59. The van der Waals surface area contributed by atoms with E-state index in [4.69, 9.17) is 14.5 Å². The van der Waals surface area contributed by atoms with E-state index in [1.54, 1.807) is 4.90 Å². The molecule has 5 rings (SSSR count). The molecule has 4 atom stereocenters. The van der Waals surface area contributed by atoms with Crippen LogP contribution < -0.4 is 9.64 Å². The molecule has 3 fully saturated rings. The Morgan fingerprint density at radius 2 is 1.97 bits per heavy atom. The molecule has 39 heavy (non-hydrogen) atoms. The van der Waals surface area contributed by atoms with Gasteiger partial charge in [-0.15, -0.1) is 0 Å². The van der Waals surface area contributed by atoms with Gasteiger partial charge in [0, 0.05) is 47.1 Å². The summed E-state index contributed by atoms with van der Waals surface area (Å²) in [5.41, 5.74) is -0.805. The quantitative estimate of drug-likeness (QED) is 0.287. The van der Waals surface area contributed by atoms with Crippen molar-refractivity contribution in [1.82, 2.24) is 19.8 Å². The van der Waals surface area contributed by atoms with E-state index in [2.05, 4.69) is 53.3 Å². The summed E-state index contributed by atoms with van der Waals surface area (Å²) < 4.78 is 42.7. The number of carbonyl (C=O) groups is 1. The van der Waals surface area contributed by atoms with Crippen LogP contribution in [0.4, 0.5) is 19.4 Å². The second kappa shape index (κ2) is 10.7. The lowest BCUT2D eigenvalue weighted by Gasteiger charge is -2.45. The van der Waals surface area contributed by atoms with E-state index in [-0.39, 0.29) is 41.8 Å². The average Bonchev–Trinajstić information content (AvgIpc) is 3.37. The third kappa shape index (κ3) is 5.66. The minimum absolute atomic E-state index is 0.0717. The lowest BCUT2D eigenvalue weighted by molar-refractivity contribution is 0.0130. The number of benzene rings is 1. The third-order valence-electron chi connectivity index (χ3n) is 7.90. The number of hydrogen-bond donors (Lipinski definition) is 0. The van der Waals surface area contributed by atoms with E-state index in [0.29, 0.717) is 45.3 Å². The summed E-state index contributed by atoms with van der Waals surface area (Å²) in [6, 6.07) is 1.63. The Balaban J connectivity index is 1.48. The Labute approximate surface area is 250 Å².